The molecule has 1 aromatic heterocycles. The predicted molar refractivity (Wildman–Crippen MR) is 78.0 cm³/mol. The molecule has 5 heteroatoms. The monoisotopic (exact) mass is 301 g/mol. The topological polar surface area (TPSA) is 35.2 Å². The van der Waals surface area contributed by atoms with Gasteiger partial charge in [0.1, 0.15) is 5.75 Å². The fourth-order valence-electron chi connectivity index (χ4n) is 1.68. The first kappa shape index (κ1) is 13.7. The van der Waals surface area contributed by atoms with E-state index in [4.69, 9.17) is 33.7 Å². The molecule has 2 aromatic rings. The predicted octanol–water partition coefficient (Wildman–Crippen LogP) is 4.31. The van der Waals surface area contributed by atoms with E-state index in [-0.39, 0.29) is 6.04 Å². The van der Waals surface area contributed by atoms with E-state index in [1.165, 1.54) is 0 Å². The van der Waals surface area contributed by atoms with Crippen molar-refractivity contribution in [2.45, 2.75) is 12.5 Å². The van der Waals surface area contributed by atoms with Gasteiger partial charge in [0, 0.05) is 26.3 Å². The highest BCUT2D eigenvalue weighted by atomic mass is 35.5. The standard InChI is InChI=1S/C13H13Cl2NOS/c1-17-8-5-13(18-7-8)12(16)6-9-10(14)3-2-4-11(9)15/h2-5,7,12H,6,16H2,1H3. The molecule has 0 aliphatic rings. The maximum atomic E-state index is 6.17. The van der Waals surface area contributed by atoms with Gasteiger partial charge in [0.05, 0.1) is 7.11 Å². The molecule has 0 fully saturated rings. The van der Waals surface area contributed by atoms with Crippen molar-refractivity contribution in [2.24, 2.45) is 5.73 Å². The highest BCUT2D eigenvalue weighted by molar-refractivity contribution is 7.10. The normalized spacial score (nSPS) is 12.4. The van der Waals surface area contributed by atoms with E-state index in [0.717, 1.165) is 16.2 Å². The molecule has 1 atom stereocenters. The van der Waals surface area contributed by atoms with Crippen molar-refractivity contribution in [1.29, 1.82) is 0 Å². The van der Waals surface area contributed by atoms with E-state index in [0.29, 0.717) is 16.5 Å². The minimum Gasteiger partial charge on any atom is -0.496 e. The van der Waals surface area contributed by atoms with Crippen LogP contribution < -0.4 is 10.5 Å². The summed E-state index contributed by atoms with van der Waals surface area (Å²) in [4.78, 5) is 1.06. The van der Waals surface area contributed by atoms with Gasteiger partial charge in [-0.1, -0.05) is 29.3 Å². The van der Waals surface area contributed by atoms with Crippen LogP contribution >= 0.6 is 34.5 Å². The molecule has 0 saturated heterocycles. The smallest absolute Gasteiger partial charge is 0.129 e. The Morgan fingerprint density at radius 2 is 2.00 bits per heavy atom. The van der Waals surface area contributed by atoms with Crippen LogP contribution in [0.3, 0.4) is 0 Å². The average Bonchev–Trinajstić information content (AvgIpc) is 2.82. The Labute approximate surface area is 120 Å². The first-order valence-electron chi connectivity index (χ1n) is 5.42. The fraction of sp³-hybridized carbons (Fsp3) is 0.231. The maximum absolute atomic E-state index is 6.17. The highest BCUT2D eigenvalue weighted by Gasteiger charge is 2.14. The van der Waals surface area contributed by atoms with E-state index >= 15 is 0 Å². The third-order valence-corrected chi connectivity index (χ3v) is 4.43. The first-order valence-corrected chi connectivity index (χ1v) is 7.06. The second kappa shape index (κ2) is 5.93. The van der Waals surface area contributed by atoms with E-state index in [1.54, 1.807) is 18.4 Å². The van der Waals surface area contributed by atoms with Gasteiger partial charge in [-0.3, -0.25) is 0 Å². The molecular weight excluding hydrogens is 289 g/mol. The largest absolute Gasteiger partial charge is 0.496 e. The van der Waals surface area contributed by atoms with Crippen molar-refractivity contribution in [3.05, 3.63) is 50.1 Å². The molecule has 1 heterocycles. The Hall–Kier alpha value is -0.740. The van der Waals surface area contributed by atoms with Gasteiger partial charge in [0.25, 0.3) is 0 Å². The van der Waals surface area contributed by atoms with Crippen LogP contribution in [0, 0.1) is 0 Å². The number of halogens is 2. The Kier molecular flexibility index (Phi) is 4.51. The number of thiophene rings is 1. The molecule has 2 nitrogen and oxygen atoms in total. The van der Waals surface area contributed by atoms with Crippen molar-refractivity contribution >= 4 is 34.5 Å². The van der Waals surface area contributed by atoms with E-state index in [9.17, 15) is 0 Å². The highest BCUT2D eigenvalue weighted by Crippen LogP contribution is 2.32. The van der Waals surface area contributed by atoms with E-state index in [2.05, 4.69) is 0 Å². The Bertz CT molecular complexity index is 521. The summed E-state index contributed by atoms with van der Waals surface area (Å²) in [7, 11) is 1.64. The molecule has 0 aliphatic heterocycles. The van der Waals surface area contributed by atoms with Gasteiger partial charge >= 0.3 is 0 Å². The molecular formula is C13H13Cl2NOS. The lowest BCUT2D eigenvalue weighted by molar-refractivity contribution is 0.416. The zero-order chi connectivity index (χ0) is 13.1. The van der Waals surface area contributed by atoms with Gasteiger partial charge in [0.2, 0.25) is 0 Å². The van der Waals surface area contributed by atoms with Crippen molar-refractivity contribution in [1.82, 2.24) is 0 Å². The molecule has 0 aliphatic carbocycles. The van der Waals surface area contributed by atoms with Gasteiger partial charge in [0.15, 0.2) is 0 Å². The van der Waals surface area contributed by atoms with Gasteiger partial charge in [-0.2, -0.15) is 0 Å². The molecule has 0 spiro atoms. The summed E-state index contributed by atoms with van der Waals surface area (Å²) in [6, 6.07) is 7.29. The van der Waals surface area contributed by atoms with Crippen LogP contribution in [-0.2, 0) is 6.42 Å². The lowest BCUT2D eigenvalue weighted by Crippen LogP contribution is -2.12. The van der Waals surface area contributed by atoms with Crippen LogP contribution in [0.15, 0.2) is 29.6 Å². The molecule has 1 unspecified atom stereocenters. The zero-order valence-corrected chi connectivity index (χ0v) is 12.1. The first-order chi connectivity index (χ1) is 8.61. The lowest BCUT2D eigenvalue weighted by Gasteiger charge is -2.12. The molecule has 0 amide bonds. The van der Waals surface area contributed by atoms with Crippen LogP contribution in [0.4, 0.5) is 0 Å². The number of rotatable bonds is 4. The summed E-state index contributed by atoms with van der Waals surface area (Å²) in [5, 5.41) is 3.24. The molecule has 18 heavy (non-hydrogen) atoms. The number of ether oxygens (including phenoxy) is 1. The SMILES string of the molecule is COc1csc(C(N)Cc2c(Cl)cccc2Cl)c1. The quantitative estimate of drug-likeness (QED) is 0.913. The Morgan fingerprint density at radius 3 is 2.56 bits per heavy atom. The zero-order valence-electron chi connectivity index (χ0n) is 9.82. The molecule has 0 radical (unpaired) electrons. The Balaban J connectivity index is 2.18. The van der Waals surface area contributed by atoms with Crippen molar-refractivity contribution in [3.8, 4) is 5.75 Å². The van der Waals surface area contributed by atoms with Crippen LogP contribution in [0.2, 0.25) is 10.0 Å². The van der Waals surface area contributed by atoms with Crippen molar-refractivity contribution in [3.63, 3.8) is 0 Å². The third kappa shape index (κ3) is 2.98. The third-order valence-electron chi connectivity index (χ3n) is 2.68. The second-order valence-corrected chi connectivity index (χ2v) is 5.66. The van der Waals surface area contributed by atoms with Gasteiger partial charge < -0.3 is 10.5 Å². The van der Waals surface area contributed by atoms with Crippen LogP contribution in [0.25, 0.3) is 0 Å². The van der Waals surface area contributed by atoms with Crippen LogP contribution in [0.5, 0.6) is 5.75 Å². The molecule has 1 aromatic carbocycles. The number of nitrogens with two attached hydrogens (primary N) is 1. The molecule has 0 saturated carbocycles. The summed E-state index contributed by atoms with van der Waals surface area (Å²) in [6.07, 6.45) is 0.613. The summed E-state index contributed by atoms with van der Waals surface area (Å²) < 4.78 is 5.15. The number of hydrogen-bond donors (Lipinski definition) is 1. The summed E-state index contributed by atoms with van der Waals surface area (Å²) >= 11 is 13.8. The van der Waals surface area contributed by atoms with E-state index < -0.39 is 0 Å². The number of hydrogen-bond acceptors (Lipinski definition) is 3. The summed E-state index contributed by atoms with van der Waals surface area (Å²) in [5.74, 6) is 0.829. The average molecular weight is 302 g/mol. The summed E-state index contributed by atoms with van der Waals surface area (Å²) in [6.45, 7) is 0. The van der Waals surface area contributed by atoms with Gasteiger partial charge in [-0.15, -0.1) is 11.3 Å². The van der Waals surface area contributed by atoms with Gasteiger partial charge in [-0.25, -0.2) is 0 Å². The van der Waals surface area contributed by atoms with Gasteiger partial charge in [-0.05, 0) is 30.2 Å². The minimum atomic E-state index is -0.128. The van der Waals surface area contributed by atoms with Crippen LogP contribution in [0.1, 0.15) is 16.5 Å². The molecule has 2 N–H and O–H groups in total. The number of benzene rings is 1. The number of methoxy groups -OCH3 is 1. The molecule has 0 bridgehead atoms. The molecule has 2 rings (SSSR count). The van der Waals surface area contributed by atoms with Crippen LogP contribution in [-0.4, -0.2) is 7.11 Å². The minimum absolute atomic E-state index is 0.128. The molecule has 96 valence electrons. The summed E-state index contributed by atoms with van der Waals surface area (Å²) in [5.41, 5.74) is 7.06. The second-order valence-electron chi connectivity index (χ2n) is 3.90. The van der Waals surface area contributed by atoms with Crippen molar-refractivity contribution in [2.75, 3.05) is 7.11 Å². The van der Waals surface area contributed by atoms with E-state index in [1.807, 2.05) is 29.6 Å². The lowest BCUT2D eigenvalue weighted by atomic mass is 10.1. The fourth-order valence-corrected chi connectivity index (χ4v) is 3.09. The Morgan fingerprint density at radius 1 is 1.33 bits per heavy atom. The van der Waals surface area contributed by atoms with Crippen molar-refractivity contribution < 1.29 is 4.74 Å². The maximum Gasteiger partial charge on any atom is 0.129 e.